The number of anilines is 1. The van der Waals surface area contributed by atoms with Crippen LogP contribution in [0.5, 0.6) is 0 Å². The van der Waals surface area contributed by atoms with Gasteiger partial charge in [0.05, 0.1) is 11.4 Å². The summed E-state index contributed by atoms with van der Waals surface area (Å²) in [6.45, 7) is 4.66. The Morgan fingerprint density at radius 1 is 1.10 bits per heavy atom. The largest absolute Gasteiger partial charge is 0.312 e. The van der Waals surface area contributed by atoms with E-state index in [4.69, 9.17) is 0 Å². The second kappa shape index (κ2) is 8.21. The van der Waals surface area contributed by atoms with Gasteiger partial charge in [0.1, 0.15) is 5.82 Å². The van der Waals surface area contributed by atoms with Crippen molar-refractivity contribution in [3.05, 3.63) is 65.5 Å². The van der Waals surface area contributed by atoms with Crippen LogP contribution in [0, 0.1) is 13.8 Å². The zero-order valence-electron chi connectivity index (χ0n) is 16.5. The Bertz CT molecular complexity index is 1080. The second-order valence-corrected chi connectivity index (χ2v) is 8.01. The molecule has 3 aromatic rings. The van der Waals surface area contributed by atoms with Crippen LogP contribution in [-0.4, -0.2) is 38.8 Å². The number of carbonyl (C=O) groups excluding carboxylic acids is 2. The fourth-order valence-electron chi connectivity index (χ4n) is 3.51. The lowest BCUT2D eigenvalue weighted by atomic mass is 10.1. The number of rotatable bonds is 6. The van der Waals surface area contributed by atoms with Gasteiger partial charge in [-0.1, -0.05) is 42.1 Å². The highest BCUT2D eigenvalue weighted by Gasteiger charge is 2.22. The molecule has 2 heterocycles. The number of nitrogens with zero attached hydrogens (tertiary/aromatic N) is 4. The quantitative estimate of drug-likeness (QED) is 0.457. The van der Waals surface area contributed by atoms with E-state index in [-0.39, 0.29) is 17.4 Å². The van der Waals surface area contributed by atoms with Crippen LogP contribution in [0.25, 0.3) is 5.69 Å². The fraction of sp³-hybridized carbons (Fsp3) is 0.273. The summed E-state index contributed by atoms with van der Waals surface area (Å²) in [5.74, 6) is 1.15. The van der Waals surface area contributed by atoms with E-state index in [2.05, 4.69) is 10.2 Å². The third-order valence-corrected chi connectivity index (χ3v) is 5.97. The highest BCUT2D eigenvalue weighted by molar-refractivity contribution is 7.99. The van der Waals surface area contributed by atoms with Crippen molar-refractivity contribution in [3.63, 3.8) is 0 Å². The molecule has 148 valence electrons. The number of para-hydroxylation sites is 1. The molecule has 0 atom stereocenters. The molecular formula is C22H22N4O2S. The Labute approximate surface area is 173 Å². The molecule has 4 rings (SSSR count). The zero-order chi connectivity index (χ0) is 20.4. The lowest BCUT2D eigenvalue weighted by Gasteiger charge is -2.16. The highest BCUT2D eigenvalue weighted by atomic mass is 32.2. The summed E-state index contributed by atoms with van der Waals surface area (Å²) in [5.41, 5.74) is 3.53. The van der Waals surface area contributed by atoms with Crippen LogP contribution < -0.4 is 4.90 Å². The molecule has 1 fully saturated rings. The van der Waals surface area contributed by atoms with Gasteiger partial charge in [0, 0.05) is 24.2 Å². The van der Waals surface area contributed by atoms with Gasteiger partial charge in [-0.25, -0.2) is 0 Å². The molecule has 1 aliphatic rings. The third kappa shape index (κ3) is 3.96. The van der Waals surface area contributed by atoms with Crippen molar-refractivity contribution in [2.45, 2.75) is 31.8 Å². The van der Waals surface area contributed by atoms with Crippen molar-refractivity contribution in [2.75, 3.05) is 17.2 Å². The minimum absolute atomic E-state index is 0.000447. The van der Waals surface area contributed by atoms with Crippen molar-refractivity contribution in [1.29, 1.82) is 0 Å². The molecule has 0 bridgehead atoms. The van der Waals surface area contributed by atoms with E-state index in [1.165, 1.54) is 11.8 Å². The first-order valence-corrected chi connectivity index (χ1v) is 10.6. The molecule has 1 saturated heterocycles. The van der Waals surface area contributed by atoms with E-state index >= 15 is 0 Å². The second-order valence-electron chi connectivity index (χ2n) is 7.06. The van der Waals surface area contributed by atoms with Crippen molar-refractivity contribution in [1.82, 2.24) is 14.8 Å². The van der Waals surface area contributed by atoms with Crippen molar-refractivity contribution >= 4 is 29.1 Å². The van der Waals surface area contributed by atoms with E-state index in [0.29, 0.717) is 23.7 Å². The van der Waals surface area contributed by atoms with E-state index < -0.39 is 0 Å². The highest BCUT2D eigenvalue weighted by Crippen LogP contribution is 2.26. The smallest absolute Gasteiger partial charge is 0.227 e. The van der Waals surface area contributed by atoms with Crippen LogP contribution in [0.4, 0.5) is 5.69 Å². The van der Waals surface area contributed by atoms with E-state index in [0.717, 1.165) is 29.2 Å². The molecule has 1 aromatic heterocycles. The number of benzene rings is 2. The molecule has 0 saturated carbocycles. The lowest BCUT2D eigenvalue weighted by Crippen LogP contribution is -2.23. The Balaban J connectivity index is 1.52. The van der Waals surface area contributed by atoms with Gasteiger partial charge in [0.25, 0.3) is 0 Å². The van der Waals surface area contributed by atoms with Crippen LogP contribution >= 0.6 is 11.8 Å². The minimum Gasteiger partial charge on any atom is -0.312 e. The monoisotopic (exact) mass is 406 g/mol. The number of amides is 1. The Morgan fingerprint density at radius 3 is 2.69 bits per heavy atom. The van der Waals surface area contributed by atoms with Crippen LogP contribution in [0.2, 0.25) is 0 Å². The predicted molar refractivity (Wildman–Crippen MR) is 114 cm³/mol. The maximum absolute atomic E-state index is 12.8. The number of ketones is 1. The minimum atomic E-state index is 0.000447. The Morgan fingerprint density at radius 2 is 1.93 bits per heavy atom. The maximum atomic E-state index is 12.8. The Kier molecular flexibility index (Phi) is 5.49. The van der Waals surface area contributed by atoms with E-state index in [9.17, 15) is 9.59 Å². The summed E-state index contributed by atoms with van der Waals surface area (Å²) in [7, 11) is 0. The van der Waals surface area contributed by atoms with Gasteiger partial charge in [-0.05, 0) is 44.0 Å². The molecule has 0 spiro atoms. The van der Waals surface area contributed by atoms with Gasteiger partial charge in [-0.15, -0.1) is 10.2 Å². The number of thioether (sulfide) groups is 1. The number of carbonyl (C=O) groups is 2. The van der Waals surface area contributed by atoms with Crippen LogP contribution in [0.3, 0.4) is 0 Å². The molecule has 7 heteroatoms. The maximum Gasteiger partial charge on any atom is 0.227 e. The standard InChI is InChI=1S/C22H22N4O2S/c1-15-7-3-4-10-19(15)26-16(2)23-24-22(26)29-14-20(27)17-8-5-9-18(13-17)25-12-6-11-21(25)28/h3-5,7-10,13H,6,11-12,14H2,1-2H3. The molecular weight excluding hydrogens is 384 g/mol. The number of Topliss-reactive ketones (excluding diaryl/α,β-unsaturated/α-hetero) is 1. The molecule has 0 N–H and O–H groups in total. The predicted octanol–water partition coefficient (Wildman–Crippen LogP) is 3.99. The van der Waals surface area contributed by atoms with E-state index in [1.54, 1.807) is 11.0 Å². The molecule has 0 aliphatic carbocycles. The van der Waals surface area contributed by atoms with E-state index in [1.807, 2.05) is 60.9 Å². The number of aryl methyl sites for hydroxylation is 2. The van der Waals surface area contributed by atoms with Crippen LogP contribution in [0.1, 0.15) is 34.6 Å². The first-order chi connectivity index (χ1) is 14.0. The number of hydrogen-bond acceptors (Lipinski definition) is 5. The summed E-state index contributed by atoms with van der Waals surface area (Å²) in [6.07, 6.45) is 1.43. The van der Waals surface area contributed by atoms with Crippen molar-refractivity contribution in [3.8, 4) is 5.69 Å². The molecule has 2 aromatic carbocycles. The van der Waals surface area contributed by atoms with Gasteiger partial charge in [0.2, 0.25) is 5.91 Å². The fourth-order valence-corrected chi connectivity index (χ4v) is 4.39. The summed E-state index contributed by atoms with van der Waals surface area (Å²) < 4.78 is 1.98. The summed E-state index contributed by atoms with van der Waals surface area (Å²) in [5, 5.41) is 9.15. The average Bonchev–Trinajstić information content (AvgIpc) is 3.32. The van der Waals surface area contributed by atoms with Gasteiger partial charge >= 0.3 is 0 Å². The van der Waals surface area contributed by atoms with Crippen LogP contribution in [0.15, 0.2) is 53.7 Å². The molecule has 1 aliphatic heterocycles. The lowest BCUT2D eigenvalue weighted by molar-refractivity contribution is -0.117. The topological polar surface area (TPSA) is 68.1 Å². The number of hydrogen-bond donors (Lipinski definition) is 0. The van der Waals surface area contributed by atoms with Crippen molar-refractivity contribution < 1.29 is 9.59 Å². The average molecular weight is 407 g/mol. The van der Waals surface area contributed by atoms with Gasteiger partial charge in [0.15, 0.2) is 10.9 Å². The molecule has 1 amide bonds. The zero-order valence-corrected chi connectivity index (χ0v) is 17.3. The third-order valence-electron chi connectivity index (χ3n) is 5.04. The molecule has 6 nitrogen and oxygen atoms in total. The van der Waals surface area contributed by atoms with Gasteiger partial charge in [-0.3, -0.25) is 14.2 Å². The number of aromatic nitrogens is 3. The first-order valence-electron chi connectivity index (χ1n) is 9.59. The Hall–Kier alpha value is -2.93. The molecule has 0 radical (unpaired) electrons. The summed E-state index contributed by atoms with van der Waals surface area (Å²) >= 11 is 1.37. The van der Waals surface area contributed by atoms with Crippen molar-refractivity contribution in [2.24, 2.45) is 0 Å². The first kappa shape index (κ1) is 19.4. The van der Waals surface area contributed by atoms with Gasteiger partial charge < -0.3 is 4.90 Å². The summed E-state index contributed by atoms with van der Waals surface area (Å²) in [6, 6.07) is 15.4. The van der Waals surface area contributed by atoms with Gasteiger partial charge in [-0.2, -0.15) is 0 Å². The summed E-state index contributed by atoms with van der Waals surface area (Å²) in [4.78, 5) is 26.5. The van der Waals surface area contributed by atoms with Crippen LogP contribution in [-0.2, 0) is 4.79 Å². The molecule has 29 heavy (non-hydrogen) atoms. The normalized spacial score (nSPS) is 13.9. The SMILES string of the molecule is Cc1ccccc1-n1c(C)nnc1SCC(=O)c1cccc(N2CCCC2=O)c1. The molecule has 0 unspecified atom stereocenters.